The van der Waals surface area contributed by atoms with E-state index in [4.69, 9.17) is 0 Å². The molecule has 0 saturated heterocycles. The number of aliphatic hydroxyl groups excluding tert-OH is 1. The highest BCUT2D eigenvalue weighted by atomic mass is 16.3. The first-order valence-corrected chi connectivity index (χ1v) is 8.53. The van der Waals surface area contributed by atoms with Crippen LogP contribution in [-0.4, -0.2) is 11.2 Å². The molecule has 1 fully saturated rings. The second-order valence-electron chi connectivity index (χ2n) is 6.94. The smallest absolute Gasteiger partial charge is 0.0574 e. The van der Waals surface area contributed by atoms with Crippen LogP contribution in [-0.2, 0) is 6.42 Å². The van der Waals surface area contributed by atoms with Crippen molar-refractivity contribution in [3.05, 3.63) is 35.4 Å². The van der Waals surface area contributed by atoms with Crippen molar-refractivity contribution < 1.29 is 5.11 Å². The molecule has 1 aromatic carbocycles. The topological polar surface area (TPSA) is 20.2 Å². The van der Waals surface area contributed by atoms with Crippen molar-refractivity contribution in [2.24, 2.45) is 11.8 Å². The van der Waals surface area contributed by atoms with Gasteiger partial charge in [-0.2, -0.15) is 0 Å². The van der Waals surface area contributed by atoms with Gasteiger partial charge in [0.15, 0.2) is 0 Å². The number of hydrogen-bond acceptors (Lipinski definition) is 1. The summed E-state index contributed by atoms with van der Waals surface area (Å²) in [5.41, 5.74) is 3.04. The summed E-state index contributed by atoms with van der Waals surface area (Å²) in [7, 11) is 0. The predicted molar refractivity (Wildman–Crippen MR) is 83.9 cm³/mol. The Morgan fingerprint density at radius 1 is 1.20 bits per heavy atom. The lowest BCUT2D eigenvalue weighted by atomic mass is 9.78. The third kappa shape index (κ3) is 2.93. The van der Waals surface area contributed by atoms with Crippen LogP contribution in [0.3, 0.4) is 0 Å². The molecule has 0 amide bonds. The van der Waals surface area contributed by atoms with Gasteiger partial charge in [-0.3, -0.25) is 0 Å². The van der Waals surface area contributed by atoms with Crippen LogP contribution in [0.25, 0.3) is 0 Å². The van der Waals surface area contributed by atoms with Crippen molar-refractivity contribution in [1.82, 2.24) is 0 Å². The molecule has 1 N–H and O–H groups in total. The van der Waals surface area contributed by atoms with Gasteiger partial charge in [0.05, 0.1) is 6.10 Å². The van der Waals surface area contributed by atoms with Crippen LogP contribution in [0.15, 0.2) is 24.3 Å². The Hall–Kier alpha value is -0.820. The average molecular weight is 272 g/mol. The Morgan fingerprint density at radius 2 is 2.05 bits per heavy atom. The van der Waals surface area contributed by atoms with E-state index < -0.39 is 0 Å². The fourth-order valence-corrected chi connectivity index (χ4v) is 4.42. The van der Waals surface area contributed by atoms with E-state index >= 15 is 0 Å². The number of aryl methyl sites for hydroxylation is 1. The lowest BCUT2D eigenvalue weighted by Gasteiger charge is -2.29. The van der Waals surface area contributed by atoms with Gasteiger partial charge in [0.25, 0.3) is 0 Å². The van der Waals surface area contributed by atoms with Crippen LogP contribution < -0.4 is 0 Å². The van der Waals surface area contributed by atoms with Gasteiger partial charge in [-0.15, -0.1) is 0 Å². The Labute approximate surface area is 123 Å². The maximum atomic E-state index is 10.6. The highest BCUT2D eigenvalue weighted by molar-refractivity contribution is 5.32. The fourth-order valence-electron chi connectivity index (χ4n) is 4.42. The van der Waals surface area contributed by atoms with Gasteiger partial charge in [-0.05, 0) is 67.4 Å². The molecule has 0 radical (unpaired) electrons. The predicted octanol–water partition coefficient (Wildman–Crippen LogP) is 4.68. The van der Waals surface area contributed by atoms with E-state index in [9.17, 15) is 5.11 Å². The maximum absolute atomic E-state index is 10.6. The molecular weight excluding hydrogens is 244 g/mol. The molecule has 1 nitrogen and oxygen atoms in total. The Kier molecular flexibility index (Phi) is 4.45. The third-order valence-corrected chi connectivity index (χ3v) is 5.72. The van der Waals surface area contributed by atoms with Crippen molar-refractivity contribution >= 4 is 0 Å². The van der Waals surface area contributed by atoms with Gasteiger partial charge in [0.2, 0.25) is 0 Å². The van der Waals surface area contributed by atoms with E-state index in [1.165, 1.54) is 56.1 Å². The minimum atomic E-state index is -0.0808. The summed E-state index contributed by atoms with van der Waals surface area (Å²) in [5, 5.41) is 10.6. The molecule has 20 heavy (non-hydrogen) atoms. The summed E-state index contributed by atoms with van der Waals surface area (Å²) in [5.74, 6) is 2.03. The zero-order chi connectivity index (χ0) is 13.9. The van der Waals surface area contributed by atoms with Crippen molar-refractivity contribution in [3.8, 4) is 0 Å². The van der Waals surface area contributed by atoms with E-state index in [1.54, 1.807) is 0 Å². The average Bonchev–Trinajstić information content (AvgIpc) is 2.97. The molecule has 1 aromatic rings. The zero-order valence-electron chi connectivity index (χ0n) is 12.7. The molecule has 1 saturated carbocycles. The Morgan fingerprint density at radius 3 is 2.85 bits per heavy atom. The van der Waals surface area contributed by atoms with Gasteiger partial charge >= 0.3 is 0 Å². The number of fused-ring (bicyclic) bond motifs is 1. The molecule has 0 spiro atoms. The van der Waals surface area contributed by atoms with E-state index in [0.29, 0.717) is 11.8 Å². The first kappa shape index (κ1) is 14.1. The van der Waals surface area contributed by atoms with E-state index in [1.807, 2.05) is 0 Å². The highest BCUT2D eigenvalue weighted by Gasteiger charge is 2.31. The molecule has 3 rings (SSSR count). The molecule has 110 valence electrons. The molecule has 4 unspecified atom stereocenters. The third-order valence-electron chi connectivity index (χ3n) is 5.72. The molecule has 0 bridgehead atoms. The molecule has 0 aliphatic heterocycles. The fraction of sp³-hybridized carbons (Fsp3) is 0.684. The number of benzene rings is 1. The number of rotatable bonds is 4. The minimum Gasteiger partial charge on any atom is -0.393 e. The first-order valence-electron chi connectivity index (χ1n) is 8.53. The van der Waals surface area contributed by atoms with E-state index in [0.717, 1.165) is 12.3 Å². The van der Waals surface area contributed by atoms with Crippen molar-refractivity contribution in [1.29, 1.82) is 0 Å². The molecular formula is C19H28O. The number of aliphatic hydroxyl groups is 1. The maximum Gasteiger partial charge on any atom is 0.0574 e. The van der Waals surface area contributed by atoms with E-state index in [2.05, 4.69) is 31.2 Å². The van der Waals surface area contributed by atoms with Crippen LogP contribution in [0.2, 0.25) is 0 Å². The van der Waals surface area contributed by atoms with Crippen LogP contribution >= 0.6 is 0 Å². The monoisotopic (exact) mass is 272 g/mol. The van der Waals surface area contributed by atoms with Crippen molar-refractivity contribution in [3.63, 3.8) is 0 Å². The van der Waals surface area contributed by atoms with Crippen molar-refractivity contribution in [2.45, 2.75) is 70.3 Å². The quantitative estimate of drug-likeness (QED) is 0.843. The lowest BCUT2D eigenvalue weighted by molar-refractivity contribution is 0.0899. The number of hydrogen-bond donors (Lipinski definition) is 1. The van der Waals surface area contributed by atoms with Gasteiger partial charge in [-0.25, -0.2) is 0 Å². The minimum absolute atomic E-state index is 0.0808. The second kappa shape index (κ2) is 6.30. The van der Waals surface area contributed by atoms with Crippen LogP contribution in [0.5, 0.6) is 0 Å². The van der Waals surface area contributed by atoms with Gasteiger partial charge in [-0.1, -0.05) is 44.0 Å². The van der Waals surface area contributed by atoms with Gasteiger partial charge in [0.1, 0.15) is 0 Å². The standard InChI is InChI=1S/C19H28O/c1-2-14-10-11-17(12-14)19(20)13-16-8-5-7-15-6-3-4-9-18(15)16/h3-4,6,9,14,16-17,19-20H,2,5,7-8,10-13H2,1H3. The summed E-state index contributed by atoms with van der Waals surface area (Å²) in [6.07, 6.45) is 9.80. The zero-order valence-corrected chi connectivity index (χ0v) is 12.7. The van der Waals surface area contributed by atoms with Crippen LogP contribution in [0.1, 0.15) is 68.9 Å². The van der Waals surface area contributed by atoms with Crippen LogP contribution in [0.4, 0.5) is 0 Å². The van der Waals surface area contributed by atoms with E-state index in [-0.39, 0.29) is 6.10 Å². The largest absolute Gasteiger partial charge is 0.393 e. The lowest BCUT2D eigenvalue weighted by Crippen LogP contribution is -2.23. The second-order valence-corrected chi connectivity index (χ2v) is 6.94. The Balaban J connectivity index is 1.64. The normalized spacial score (nSPS) is 31.0. The molecule has 0 heterocycles. The summed E-state index contributed by atoms with van der Waals surface area (Å²) in [4.78, 5) is 0. The Bertz CT molecular complexity index is 439. The summed E-state index contributed by atoms with van der Waals surface area (Å²) < 4.78 is 0. The van der Waals surface area contributed by atoms with Gasteiger partial charge in [0, 0.05) is 0 Å². The summed E-state index contributed by atoms with van der Waals surface area (Å²) in [6, 6.07) is 8.87. The molecule has 2 aliphatic rings. The molecule has 4 atom stereocenters. The van der Waals surface area contributed by atoms with Gasteiger partial charge < -0.3 is 5.11 Å². The molecule has 2 aliphatic carbocycles. The first-order chi connectivity index (χ1) is 9.78. The molecule has 1 heteroatoms. The summed E-state index contributed by atoms with van der Waals surface area (Å²) in [6.45, 7) is 2.29. The SMILES string of the molecule is CCC1CCC(C(O)CC2CCCc3ccccc32)C1. The highest BCUT2D eigenvalue weighted by Crippen LogP contribution is 2.40. The molecule has 0 aromatic heterocycles. The summed E-state index contributed by atoms with van der Waals surface area (Å²) >= 11 is 0. The van der Waals surface area contributed by atoms with Crippen LogP contribution in [0, 0.1) is 11.8 Å². The van der Waals surface area contributed by atoms with Crippen molar-refractivity contribution in [2.75, 3.05) is 0 Å².